The van der Waals surface area contributed by atoms with Crippen LogP contribution in [0.3, 0.4) is 0 Å². The molecule has 1 aliphatic rings. The molecule has 0 aliphatic heterocycles. The van der Waals surface area contributed by atoms with Crippen molar-refractivity contribution in [3.63, 3.8) is 0 Å². The third-order valence-electron chi connectivity index (χ3n) is 3.92. The van der Waals surface area contributed by atoms with Crippen molar-refractivity contribution in [2.45, 2.75) is 25.7 Å². The largest absolute Gasteiger partial charge is 0.573 e. The maximum atomic E-state index is 12.2. The van der Waals surface area contributed by atoms with E-state index in [1.807, 2.05) is 24.3 Å². The molecule has 3 N–H and O–H groups in total. The average Bonchev–Trinajstić information content (AvgIpc) is 3.44. The zero-order valence-electron chi connectivity index (χ0n) is 14.5. The number of hydrogen-bond donors (Lipinski definition) is 2. The van der Waals surface area contributed by atoms with Gasteiger partial charge in [-0.25, -0.2) is 4.99 Å². The van der Waals surface area contributed by atoms with E-state index in [1.54, 1.807) is 0 Å². The molecular weight excluding hydrogens is 359 g/mol. The molecule has 3 rings (SSSR count). The number of anilines is 1. The highest BCUT2D eigenvalue weighted by molar-refractivity contribution is 5.92. The van der Waals surface area contributed by atoms with Gasteiger partial charge in [0.2, 0.25) is 0 Å². The normalized spacial score (nSPS) is 14.7. The SMILES string of the molecule is NC(=NCc1ccccc1OCC1CC1)Nc1ccc(OC(F)(F)F)cc1. The number of guanidine groups is 1. The zero-order valence-corrected chi connectivity index (χ0v) is 14.5. The molecule has 8 heteroatoms. The number of benzene rings is 2. The summed E-state index contributed by atoms with van der Waals surface area (Å²) >= 11 is 0. The zero-order chi connectivity index (χ0) is 19.3. The van der Waals surface area contributed by atoms with Crippen molar-refractivity contribution < 1.29 is 22.6 Å². The van der Waals surface area contributed by atoms with Crippen LogP contribution in [0.2, 0.25) is 0 Å². The van der Waals surface area contributed by atoms with E-state index < -0.39 is 6.36 Å². The Morgan fingerprint density at radius 1 is 1.11 bits per heavy atom. The number of aliphatic imine (C=N–C) groups is 1. The van der Waals surface area contributed by atoms with Gasteiger partial charge in [-0.15, -0.1) is 13.2 Å². The van der Waals surface area contributed by atoms with Gasteiger partial charge in [0.1, 0.15) is 11.5 Å². The first-order chi connectivity index (χ1) is 12.9. The fourth-order valence-electron chi connectivity index (χ4n) is 2.37. The Balaban J connectivity index is 1.56. The molecule has 0 radical (unpaired) electrons. The monoisotopic (exact) mass is 379 g/mol. The second-order valence-corrected chi connectivity index (χ2v) is 6.26. The molecule has 0 saturated heterocycles. The maximum Gasteiger partial charge on any atom is 0.573 e. The average molecular weight is 379 g/mol. The van der Waals surface area contributed by atoms with Gasteiger partial charge < -0.3 is 20.5 Å². The van der Waals surface area contributed by atoms with E-state index in [0.717, 1.165) is 11.3 Å². The smallest absolute Gasteiger partial charge is 0.493 e. The lowest BCUT2D eigenvalue weighted by atomic mass is 10.2. The number of nitrogens with one attached hydrogen (secondary N) is 1. The lowest BCUT2D eigenvalue weighted by molar-refractivity contribution is -0.274. The Morgan fingerprint density at radius 2 is 1.81 bits per heavy atom. The van der Waals surface area contributed by atoms with Crippen molar-refractivity contribution in [2.24, 2.45) is 16.6 Å². The van der Waals surface area contributed by atoms with Gasteiger partial charge in [-0.2, -0.15) is 0 Å². The predicted octanol–water partition coefficient (Wildman–Crippen LogP) is 4.30. The van der Waals surface area contributed by atoms with Crippen LogP contribution >= 0.6 is 0 Å². The lowest BCUT2D eigenvalue weighted by Gasteiger charge is -2.11. The van der Waals surface area contributed by atoms with Crippen molar-refractivity contribution >= 4 is 11.6 Å². The van der Waals surface area contributed by atoms with Gasteiger partial charge in [-0.1, -0.05) is 18.2 Å². The maximum absolute atomic E-state index is 12.2. The number of rotatable bonds is 7. The molecule has 0 unspecified atom stereocenters. The third kappa shape index (κ3) is 6.40. The second-order valence-electron chi connectivity index (χ2n) is 6.26. The topological polar surface area (TPSA) is 68.9 Å². The van der Waals surface area contributed by atoms with Crippen molar-refractivity contribution in [2.75, 3.05) is 11.9 Å². The minimum atomic E-state index is -4.72. The second kappa shape index (κ2) is 8.20. The fourth-order valence-corrected chi connectivity index (χ4v) is 2.37. The Kier molecular flexibility index (Phi) is 5.73. The number of nitrogens with zero attached hydrogens (tertiary/aromatic N) is 1. The molecule has 0 bridgehead atoms. The van der Waals surface area contributed by atoms with Crippen molar-refractivity contribution in [3.8, 4) is 11.5 Å². The quantitative estimate of drug-likeness (QED) is 0.556. The molecular formula is C19H20F3N3O2. The molecule has 2 aromatic carbocycles. The van der Waals surface area contributed by atoms with Crippen LogP contribution in [0.1, 0.15) is 18.4 Å². The van der Waals surface area contributed by atoms with Crippen LogP contribution < -0.4 is 20.5 Å². The Hall–Kier alpha value is -2.90. The summed E-state index contributed by atoms with van der Waals surface area (Å²) in [5.74, 6) is 1.29. The van der Waals surface area contributed by atoms with Gasteiger partial charge in [0, 0.05) is 11.3 Å². The highest BCUT2D eigenvalue weighted by atomic mass is 19.4. The molecule has 0 atom stereocenters. The Labute approximate surface area is 155 Å². The molecule has 0 spiro atoms. The van der Waals surface area contributed by atoms with E-state index >= 15 is 0 Å². The van der Waals surface area contributed by atoms with Crippen LogP contribution in [0.15, 0.2) is 53.5 Å². The highest BCUT2D eigenvalue weighted by Crippen LogP contribution is 2.30. The van der Waals surface area contributed by atoms with Crippen LogP contribution in [-0.4, -0.2) is 18.9 Å². The van der Waals surface area contributed by atoms with Gasteiger partial charge in [-0.05, 0) is 49.1 Å². The summed E-state index contributed by atoms with van der Waals surface area (Å²) in [6.45, 7) is 1.04. The molecule has 144 valence electrons. The van der Waals surface area contributed by atoms with Crippen LogP contribution in [-0.2, 0) is 6.54 Å². The number of halogens is 3. The first kappa shape index (κ1) is 18.9. The standard InChI is InChI=1S/C19H20F3N3O2/c20-19(21,22)27-16-9-7-15(8-10-16)25-18(23)24-11-14-3-1-2-4-17(14)26-12-13-5-6-13/h1-4,7-10,13H,5-6,11-12H2,(H3,23,24,25). The van der Waals surface area contributed by atoms with Gasteiger partial charge >= 0.3 is 6.36 Å². The fraction of sp³-hybridized carbons (Fsp3) is 0.316. The van der Waals surface area contributed by atoms with E-state index in [-0.39, 0.29) is 11.7 Å². The molecule has 0 heterocycles. The van der Waals surface area contributed by atoms with E-state index in [9.17, 15) is 13.2 Å². The van der Waals surface area contributed by atoms with Gasteiger partial charge in [0.15, 0.2) is 5.96 Å². The molecule has 2 aromatic rings. The van der Waals surface area contributed by atoms with Crippen LogP contribution in [0.4, 0.5) is 18.9 Å². The van der Waals surface area contributed by atoms with E-state index in [1.165, 1.54) is 37.1 Å². The van der Waals surface area contributed by atoms with Crippen molar-refractivity contribution in [3.05, 3.63) is 54.1 Å². The summed E-state index contributed by atoms with van der Waals surface area (Å²) in [5.41, 5.74) is 7.28. The Bertz CT molecular complexity index is 788. The molecule has 27 heavy (non-hydrogen) atoms. The number of alkyl halides is 3. The summed E-state index contributed by atoms with van der Waals surface area (Å²) in [6, 6.07) is 12.9. The van der Waals surface area contributed by atoms with Crippen molar-refractivity contribution in [1.29, 1.82) is 0 Å². The molecule has 1 aliphatic carbocycles. The molecule has 5 nitrogen and oxygen atoms in total. The summed E-state index contributed by atoms with van der Waals surface area (Å²) < 4.78 is 46.1. The number of nitrogens with two attached hydrogens (primary N) is 1. The van der Waals surface area contributed by atoms with Crippen LogP contribution in [0, 0.1) is 5.92 Å². The van der Waals surface area contributed by atoms with Crippen LogP contribution in [0.5, 0.6) is 11.5 Å². The van der Waals surface area contributed by atoms with Crippen molar-refractivity contribution in [1.82, 2.24) is 0 Å². The molecule has 1 fully saturated rings. The van der Waals surface area contributed by atoms with Crippen LogP contribution in [0.25, 0.3) is 0 Å². The first-order valence-electron chi connectivity index (χ1n) is 8.52. The van der Waals surface area contributed by atoms with E-state index in [2.05, 4.69) is 15.0 Å². The number of ether oxygens (including phenoxy) is 2. The Morgan fingerprint density at radius 3 is 2.48 bits per heavy atom. The van der Waals surface area contributed by atoms with Gasteiger partial charge in [-0.3, -0.25) is 0 Å². The minimum absolute atomic E-state index is 0.150. The van der Waals surface area contributed by atoms with Gasteiger partial charge in [0.25, 0.3) is 0 Å². The van der Waals surface area contributed by atoms with Gasteiger partial charge in [0.05, 0.1) is 13.2 Å². The summed E-state index contributed by atoms with van der Waals surface area (Å²) in [6.07, 6.45) is -2.29. The van der Waals surface area contributed by atoms with E-state index in [0.29, 0.717) is 24.8 Å². The number of para-hydroxylation sites is 1. The molecule has 0 aromatic heterocycles. The summed E-state index contributed by atoms with van der Waals surface area (Å²) in [7, 11) is 0. The third-order valence-corrected chi connectivity index (χ3v) is 3.92. The summed E-state index contributed by atoms with van der Waals surface area (Å²) in [4.78, 5) is 4.27. The molecule has 1 saturated carbocycles. The highest BCUT2D eigenvalue weighted by Gasteiger charge is 2.30. The molecule has 0 amide bonds. The minimum Gasteiger partial charge on any atom is -0.493 e. The summed E-state index contributed by atoms with van der Waals surface area (Å²) in [5, 5.41) is 2.83. The first-order valence-corrected chi connectivity index (χ1v) is 8.52. The predicted molar refractivity (Wildman–Crippen MR) is 96.7 cm³/mol. The number of hydrogen-bond acceptors (Lipinski definition) is 3. The van der Waals surface area contributed by atoms with E-state index in [4.69, 9.17) is 10.5 Å². The lowest BCUT2D eigenvalue weighted by Crippen LogP contribution is -2.22.